The van der Waals surface area contributed by atoms with Crippen molar-refractivity contribution in [1.29, 1.82) is 0 Å². The van der Waals surface area contributed by atoms with Gasteiger partial charge in [-0.25, -0.2) is 9.59 Å². The lowest BCUT2D eigenvalue weighted by Gasteiger charge is -2.21. The van der Waals surface area contributed by atoms with Gasteiger partial charge in [-0.05, 0) is 71.8 Å². The molecule has 8 heteroatoms. The minimum atomic E-state index is -1.12. The van der Waals surface area contributed by atoms with Gasteiger partial charge >= 0.3 is 11.9 Å². The first-order valence-corrected chi connectivity index (χ1v) is 11.9. The smallest absolute Gasteiger partial charge is 0.336 e. The van der Waals surface area contributed by atoms with Gasteiger partial charge in [-0.3, -0.25) is 14.5 Å². The van der Waals surface area contributed by atoms with Crippen LogP contribution < -0.4 is 10.2 Å². The van der Waals surface area contributed by atoms with Crippen molar-refractivity contribution in [1.82, 2.24) is 0 Å². The molecule has 0 unspecified atom stereocenters. The summed E-state index contributed by atoms with van der Waals surface area (Å²) in [5.74, 6) is -2.94. The van der Waals surface area contributed by atoms with E-state index in [1.54, 1.807) is 42.5 Å². The SMILES string of the molecule is CC(=O)N(c1ccc(C(=O)O)cc1)c1ccc(C(=O)Nc2ccc(C=Cc3ccccc3)c(C(=O)O)c2)cc1. The number of carboxylic acids is 2. The first-order valence-electron chi connectivity index (χ1n) is 11.9. The highest BCUT2D eigenvalue weighted by molar-refractivity contribution is 6.06. The summed E-state index contributed by atoms with van der Waals surface area (Å²) in [5, 5.41) is 21.5. The molecule has 0 saturated carbocycles. The van der Waals surface area contributed by atoms with Gasteiger partial charge in [0.2, 0.25) is 5.91 Å². The fourth-order valence-electron chi connectivity index (χ4n) is 3.95. The maximum Gasteiger partial charge on any atom is 0.336 e. The Hall–Kier alpha value is -5.50. The van der Waals surface area contributed by atoms with E-state index in [0.717, 1.165) is 5.56 Å². The van der Waals surface area contributed by atoms with E-state index < -0.39 is 17.8 Å². The summed E-state index contributed by atoms with van der Waals surface area (Å²) in [6, 6.07) is 26.3. The third kappa shape index (κ3) is 6.44. The molecular formula is C31H24N2O6. The topological polar surface area (TPSA) is 124 Å². The Morgan fingerprint density at radius 2 is 1.28 bits per heavy atom. The van der Waals surface area contributed by atoms with Gasteiger partial charge in [0.15, 0.2) is 0 Å². The van der Waals surface area contributed by atoms with E-state index in [-0.39, 0.29) is 17.0 Å². The zero-order valence-electron chi connectivity index (χ0n) is 20.9. The highest BCUT2D eigenvalue weighted by Gasteiger charge is 2.17. The maximum absolute atomic E-state index is 12.9. The van der Waals surface area contributed by atoms with E-state index in [1.165, 1.54) is 42.2 Å². The van der Waals surface area contributed by atoms with E-state index in [1.807, 2.05) is 36.4 Å². The predicted molar refractivity (Wildman–Crippen MR) is 149 cm³/mol. The number of anilines is 3. The highest BCUT2D eigenvalue weighted by atomic mass is 16.4. The molecule has 8 nitrogen and oxygen atoms in total. The molecule has 4 aromatic carbocycles. The quantitative estimate of drug-likeness (QED) is 0.238. The molecule has 194 valence electrons. The first kappa shape index (κ1) is 26.6. The molecule has 0 heterocycles. The molecule has 0 fully saturated rings. The van der Waals surface area contributed by atoms with Crippen LogP contribution in [0.5, 0.6) is 0 Å². The van der Waals surface area contributed by atoms with E-state index in [4.69, 9.17) is 5.11 Å². The van der Waals surface area contributed by atoms with Crippen molar-refractivity contribution in [3.8, 4) is 0 Å². The fourth-order valence-corrected chi connectivity index (χ4v) is 3.95. The van der Waals surface area contributed by atoms with Gasteiger partial charge in [-0.15, -0.1) is 0 Å². The molecule has 2 amide bonds. The fraction of sp³-hybridized carbons (Fsp3) is 0.0323. The van der Waals surface area contributed by atoms with Crippen molar-refractivity contribution in [2.24, 2.45) is 0 Å². The number of benzene rings is 4. The molecule has 4 rings (SSSR count). The van der Waals surface area contributed by atoms with Gasteiger partial charge in [-0.2, -0.15) is 0 Å². The van der Waals surface area contributed by atoms with Gasteiger partial charge in [0.05, 0.1) is 11.1 Å². The summed E-state index contributed by atoms with van der Waals surface area (Å²) < 4.78 is 0. The van der Waals surface area contributed by atoms with Crippen LogP contribution in [0, 0.1) is 0 Å². The molecule has 0 aliphatic heterocycles. The van der Waals surface area contributed by atoms with Gasteiger partial charge in [0.1, 0.15) is 0 Å². The summed E-state index contributed by atoms with van der Waals surface area (Å²) in [4.78, 5) is 49.6. The van der Waals surface area contributed by atoms with Crippen LogP contribution in [0.2, 0.25) is 0 Å². The zero-order chi connectivity index (χ0) is 27.9. The summed E-state index contributed by atoms with van der Waals surface area (Å²) >= 11 is 0. The van der Waals surface area contributed by atoms with Gasteiger partial charge < -0.3 is 15.5 Å². The van der Waals surface area contributed by atoms with Crippen LogP contribution in [-0.4, -0.2) is 34.0 Å². The van der Waals surface area contributed by atoms with Gasteiger partial charge in [0, 0.05) is 29.5 Å². The van der Waals surface area contributed by atoms with Crippen LogP contribution >= 0.6 is 0 Å². The molecule has 0 aromatic heterocycles. The summed E-state index contributed by atoms with van der Waals surface area (Å²) in [6.07, 6.45) is 3.52. The molecule has 4 aromatic rings. The summed E-state index contributed by atoms with van der Waals surface area (Å²) in [7, 11) is 0. The van der Waals surface area contributed by atoms with E-state index in [0.29, 0.717) is 28.2 Å². The van der Waals surface area contributed by atoms with Crippen LogP contribution in [0.4, 0.5) is 17.1 Å². The van der Waals surface area contributed by atoms with Crippen molar-refractivity contribution in [3.63, 3.8) is 0 Å². The average molecular weight is 521 g/mol. The third-order valence-electron chi connectivity index (χ3n) is 5.87. The van der Waals surface area contributed by atoms with Gasteiger partial charge in [0.25, 0.3) is 5.91 Å². The summed E-state index contributed by atoms with van der Waals surface area (Å²) in [5.41, 5.74) is 3.15. The number of carbonyl (C=O) groups excluding carboxylic acids is 2. The second-order valence-electron chi connectivity index (χ2n) is 8.56. The highest BCUT2D eigenvalue weighted by Crippen LogP contribution is 2.27. The van der Waals surface area contributed by atoms with Crippen LogP contribution in [0.1, 0.15) is 49.1 Å². The molecule has 0 radical (unpaired) electrons. The second-order valence-corrected chi connectivity index (χ2v) is 8.56. The molecule has 0 saturated heterocycles. The largest absolute Gasteiger partial charge is 0.478 e. The normalized spacial score (nSPS) is 10.7. The molecule has 3 N–H and O–H groups in total. The lowest BCUT2D eigenvalue weighted by Crippen LogP contribution is -2.23. The van der Waals surface area contributed by atoms with Crippen LogP contribution in [0.25, 0.3) is 12.2 Å². The standard InChI is InChI=1S/C31H24N2O6/c1-20(34)33(27-17-12-24(13-18-27)30(36)37)26-15-10-23(11-16-26)29(35)32-25-14-9-22(28(19-25)31(38)39)8-7-21-5-3-2-4-6-21/h2-19H,1H3,(H,32,35)(H,36,37)(H,38,39). The van der Waals surface area contributed by atoms with Crippen molar-refractivity contribution >= 4 is 53.0 Å². The Bertz CT molecular complexity index is 1560. The average Bonchev–Trinajstić information content (AvgIpc) is 2.93. The number of carbonyl (C=O) groups is 4. The monoisotopic (exact) mass is 520 g/mol. The molecule has 0 spiro atoms. The Kier molecular flexibility index (Phi) is 7.97. The van der Waals surface area contributed by atoms with Crippen molar-refractivity contribution in [3.05, 3.63) is 125 Å². The first-order chi connectivity index (χ1) is 18.7. The molecule has 0 aliphatic carbocycles. The van der Waals surface area contributed by atoms with Crippen molar-refractivity contribution in [2.45, 2.75) is 6.92 Å². The number of rotatable bonds is 8. The van der Waals surface area contributed by atoms with E-state index in [9.17, 15) is 24.3 Å². The Morgan fingerprint density at radius 3 is 1.82 bits per heavy atom. The summed E-state index contributed by atoms with van der Waals surface area (Å²) in [6.45, 7) is 1.38. The number of hydrogen-bond donors (Lipinski definition) is 3. The molecule has 0 aliphatic rings. The number of carboxylic acid groups (broad SMARTS) is 2. The van der Waals surface area contributed by atoms with Crippen molar-refractivity contribution < 1.29 is 29.4 Å². The number of nitrogens with zero attached hydrogens (tertiary/aromatic N) is 1. The predicted octanol–water partition coefficient (Wildman–Crippen LogP) is 6.19. The second kappa shape index (κ2) is 11.7. The number of nitrogens with one attached hydrogen (secondary N) is 1. The Labute approximate surface area is 224 Å². The van der Waals surface area contributed by atoms with E-state index >= 15 is 0 Å². The zero-order valence-corrected chi connectivity index (χ0v) is 20.9. The Morgan fingerprint density at radius 1 is 0.692 bits per heavy atom. The molecule has 0 atom stereocenters. The third-order valence-corrected chi connectivity index (χ3v) is 5.87. The Balaban J connectivity index is 1.51. The number of hydrogen-bond acceptors (Lipinski definition) is 4. The van der Waals surface area contributed by atoms with Crippen molar-refractivity contribution in [2.75, 3.05) is 10.2 Å². The van der Waals surface area contributed by atoms with Crippen LogP contribution in [0.3, 0.4) is 0 Å². The molecule has 39 heavy (non-hydrogen) atoms. The molecule has 0 bridgehead atoms. The minimum Gasteiger partial charge on any atom is -0.478 e. The van der Waals surface area contributed by atoms with Crippen LogP contribution in [-0.2, 0) is 4.79 Å². The van der Waals surface area contributed by atoms with Gasteiger partial charge in [-0.1, -0.05) is 48.6 Å². The minimum absolute atomic E-state index is 0.0429. The van der Waals surface area contributed by atoms with Crippen LogP contribution in [0.15, 0.2) is 97.1 Å². The molecular weight excluding hydrogens is 496 g/mol. The van der Waals surface area contributed by atoms with E-state index in [2.05, 4.69) is 5.32 Å². The maximum atomic E-state index is 12.9. The number of amides is 2. The lowest BCUT2D eigenvalue weighted by molar-refractivity contribution is -0.115. The lowest BCUT2D eigenvalue weighted by atomic mass is 10.0. The number of aromatic carboxylic acids is 2.